The van der Waals surface area contributed by atoms with Crippen molar-refractivity contribution in [3.8, 4) is 0 Å². The van der Waals surface area contributed by atoms with E-state index >= 15 is 0 Å². The first-order valence-corrected chi connectivity index (χ1v) is 9.76. The average Bonchev–Trinajstić information content (AvgIpc) is 2.69. The van der Waals surface area contributed by atoms with Crippen LogP contribution in [0.4, 0.5) is 11.4 Å². The van der Waals surface area contributed by atoms with Crippen LogP contribution in [0.2, 0.25) is 0 Å². The molecule has 0 fully saturated rings. The summed E-state index contributed by atoms with van der Waals surface area (Å²) in [5.74, 6) is 0. The molecule has 3 aromatic carbocycles. The summed E-state index contributed by atoms with van der Waals surface area (Å²) >= 11 is 0. The summed E-state index contributed by atoms with van der Waals surface area (Å²) < 4.78 is 0. The Hall–Kier alpha value is -3.26. The molecule has 2 heteroatoms. The Labute approximate surface area is 167 Å². The highest BCUT2D eigenvalue weighted by Crippen LogP contribution is 2.31. The molecular weight excluding hydrogens is 340 g/mol. The number of aryl methyl sites for hydroxylation is 2. The monoisotopic (exact) mass is 366 g/mol. The van der Waals surface area contributed by atoms with Gasteiger partial charge in [-0.15, -0.1) is 0 Å². The normalized spacial score (nSPS) is 15.0. The molecule has 0 atom stereocenters. The van der Waals surface area contributed by atoms with Gasteiger partial charge in [0.05, 0.1) is 0 Å². The van der Waals surface area contributed by atoms with E-state index in [1.54, 1.807) is 0 Å². The highest BCUT2D eigenvalue weighted by Gasteiger charge is 2.28. The van der Waals surface area contributed by atoms with Crippen molar-refractivity contribution in [1.82, 2.24) is 0 Å². The maximum Gasteiger partial charge on any atom is 0.131 e. The van der Waals surface area contributed by atoms with E-state index in [1.807, 2.05) is 0 Å². The van der Waals surface area contributed by atoms with Crippen LogP contribution in [0.3, 0.4) is 0 Å². The van der Waals surface area contributed by atoms with E-state index in [-0.39, 0.29) is 5.66 Å². The second-order valence-corrected chi connectivity index (χ2v) is 7.52. The summed E-state index contributed by atoms with van der Waals surface area (Å²) in [5.41, 5.74) is 6.85. The zero-order valence-corrected chi connectivity index (χ0v) is 16.4. The number of allylic oxidation sites excluding steroid dienone is 2. The van der Waals surface area contributed by atoms with Crippen LogP contribution in [0.5, 0.6) is 0 Å². The topological polar surface area (TPSA) is 24.1 Å². The predicted molar refractivity (Wildman–Crippen MR) is 121 cm³/mol. The van der Waals surface area contributed by atoms with Gasteiger partial charge in [0.2, 0.25) is 0 Å². The first kappa shape index (κ1) is 18.1. The molecule has 28 heavy (non-hydrogen) atoms. The first-order valence-electron chi connectivity index (χ1n) is 9.76. The molecule has 0 bridgehead atoms. The van der Waals surface area contributed by atoms with Crippen LogP contribution < -0.4 is 10.6 Å². The van der Waals surface area contributed by atoms with E-state index in [0.29, 0.717) is 0 Å². The van der Waals surface area contributed by atoms with E-state index in [4.69, 9.17) is 0 Å². The zero-order valence-electron chi connectivity index (χ0n) is 16.4. The van der Waals surface area contributed by atoms with Gasteiger partial charge < -0.3 is 10.6 Å². The molecule has 2 N–H and O–H groups in total. The Kier molecular flexibility index (Phi) is 5.03. The molecule has 140 valence electrons. The van der Waals surface area contributed by atoms with E-state index in [9.17, 15) is 0 Å². The third kappa shape index (κ3) is 4.17. The van der Waals surface area contributed by atoms with Gasteiger partial charge in [0.25, 0.3) is 0 Å². The summed E-state index contributed by atoms with van der Waals surface area (Å²) in [7, 11) is 0. The number of anilines is 2. The maximum atomic E-state index is 3.73. The van der Waals surface area contributed by atoms with Crippen molar-refractivity contribution in [2.45, 2.75) is 25.9 Å². The number of hydrogen-bond donors (Lipinski definition) is 2. The van der Waals surface area contributed by atoms with E-state index < -0.39 is 0 Å². The van der Waals surface area contributed by atoms with Crippen molar-refractivity contribution in [3.63, 3.8) is 0 Å². The van der Waals surface area contributed by atoms with Crippen LogP contribution in [0.1, 0.15) is 23.1 Å². The minimum Gasteiger partial charge on any atom is -0.359 e. The summed E-state index contributed by atoms with van der Waals surface area (Å²) in [6, 6.07) is 27.6. The summed E-state index contributed by atoms with van der Waals surface area (Å²) in [4.78, 5) is 0. The molecule has 3 aromatic rings. The molecule has 0 saturated heterocycles. The van der Waals surface area contributed by atoms with Crippen molar-refractivity contribution in [3.05, 3.63) is 114 Å². The fraction of sp³-hybridized carbons (Fsp3) is 0.154. The second-order valence-electron chi connectivity index (χ2n) is 7.52. The molecule has 0 unspecified atom stereocenters. The van der Waals surface area contributed by atoms with Crippen LogP contribution in [0.15, 0.2) is 97.1 Å². The van der Waals surface area contributed by atoms with Crippen molar-refractivity contribution >= 4 is 16.9 Å². The third-order valence-corrected chi connectivity index (χ3v) is 5.07. The van der Waals surface area contributed by atoms with Gasteiger partial charge in [-0.05, 0) is 66.5 Å². The molecule has 1 aliphatic rings. The lowest BCUT2D eigenvalue weighted by Crippen LogP contribution is -2.44. The third-order valence-electron chi connectivity index (χ3n) is 5.07. The number of nitrogens with one attached hydrogen (secondary N) is 2. The fourth-order valence-electron chi connectivity index (χ4n) is 3.66. The van der Waals surface area contributed by atoms with Gasteiger partial charge in [-0.2, -0.15) is 0 Å². The van der Waals surface area contributed by atoms with Gasteiger partial charge in [-0.1, -0.05) is 66.7 Å². The SMILES string of the molecule is Cc1cccc(NC2(Nc3cccc(C)c3)C=CC(c3ccccc3)=CC2)c1. The molecule has 0 aliphatic heterocycles. The summed E-state index contributed by atoms with van der Waals surface area (Å²) in [6.07, 6.45) is 7.61. The Morgan fingerprint density at radius 2 is 1.32 bits per heavy atom. The maximum absolute atomic E-state index is 3.73. The van der Waals surface area contributed by atoms with E-state index in [0.717, 1.165) is 17.8 Å². The standard InChI is InChI=1S/C26H26N2/c1-20-8-6-12-24(18-20)27-26(28-25-13-7-9-21(2)19-25)16-14-23(15-17-26)22-10-4-3-5-11-22/h3-16,18-19,27-28H,17H2,1-2H3. The van der Waals surface area contributed by atoms with Crippen LogP contribution in [0.25, 0.3) is 5.57 Å². The van der Waals surface area contributed by atoms with E-state index in [2.05, 4.69) is 122 Å². The summed E-state index contributed by atoms with van der Waals surface area (Å²) in [5, 5.41) is 7.47. The molecule has 0 radical (unpaired) electrons. The second kappa shape index (κ2) is 7.77. The van der Waals surface area contributed by atoms with Gasteiger partial charge in [-0.25, -0.2) is 0 Å². The molecule has 0 saturated carbocycles. The van der Waals surface area contributed by atoms with Crippen LogP contribution in [-0.2, 0) is 0 Å². The number of rotatable bonds is 5. The molecule has 0 heterocycles. The predicted octanol–water partition coefficient (Wildman–Crippen LogP) is 6.57. The van der Waals surface area contributed by atoms with Crippen molar-refractivity contribution in [1.29, 1.82) is 0 Å². The van der Waals surface area contributed by atoms with Gasteiger partial charge in [0.15, 0.2) is 0 Å². The van der Waals surface area contributed by atoms with Crippen molar-refractivity contribution < 1.29 is 0 Å². The Balaban J connectivity index is 1.65. The number of hydrogen-bond acceptors (Lipinski definition) is 2. The minimum absolute atomic E-state index is 0.375. The first-order chi connectivity index (χ1) is 13.6. The molecule has 0 aromatic heterocycles. The average molecular weight is 367 g/mol. The molecular formula is C26H26N2. The smallest absolute Gasteiger partial charge is 0.131 e. The fourth-order valence-corrected chi connectivity index (χ4v) is 3.66. The van der Waals surface area contributed by atoms with E-state index in [1.165, 1.54) is 22.3 Å². The Morgan fingerprint density at radius 3 is 1.82 bits per heavy atom. The molecule has 1 aliphatic carbocycles. The summed E-state index contributed by atoms with van der Waals surface area (Å²) in [6.45, 7) is 4.24. The lowest BCUT2D eigenvalue weighted by atomic mass is 9.92. The molecule has 0 spiro atoms. The number of benzene rings is 3. The largest absolute Gasteiger partial charge is 0.359 e. The van der Waals surface area contributed by atoms with Crippen LogP contribution >= 0.6 is 0 Å². The highest BCUT2D eigenvalue weighted by molar-refractivity contribution is 5.76. The highest BCUT2D eigenvalue weighted by atomic mass is 15.2. The van der Waals surface area contributed by atoms with Gasteiger partial charge in [0.1, 0.15) is 5.66 Å². The Morgan fingerprint density at radius 1 is 0.714 bits per heavy atom. The quantitative estimate of drug-likeness (QED) is 0.499. The zero-order chi connectivity index (χ0) is 19.4. The lowest BCUT2D eigenvalue weighted by molar-refractivity contribution is 0.660. The van der Waals surface area contributed by atoms with Gasteiger partial charge >= 0.3 is 0 Å². The molecule has 2 nitrogen and oxygen atoms in total. The van der Waals surface area contributed by atoms with Crippen molar-refractivity contribution in [2.24, 2.45) is 0 Å². The molecule has 4 rings (SSSR count). The van der Waals surface area contributed by atoms with Crippen molar-refractivity contribution in [2.75, 3.05) is 10.6 Å². The lowest BCUT2D eigenvalue weighted by Gasteiger charge is -2.36. The van der Waals surface area contributed by atoms with Gasteiger partial charge in [0, 0.05) is 17.8 Å². The minimum atomic E-state index is -0.375. The van der Waals surface area contributed by atoms with Crippen LogP contribution in [-0.4, -0.2) is 5.66 Å². The van der Waals surface area contributed by atoms with Crippen LogP contribution in [0, 0.1) is 13.8 Å². The Bertz CT molecular complexity index is 968. The van der Waals surface area contributed by atoms with Gasteiger partial charge in [-0.3, -0.25) is 0 Å². The molecule has 0 amide bonds.